The largest absolute Gasteiger partial charge is 0.475 e. The Morgan fingerprint density at radius 1 is 1.22 bits per heavy atom. The molecule has 0 amide bonds. The van der Waals surface area contributed by atoms with Gasteiger partial charge in [-0.2, -0.15) is 0 Å². The number of hydrogen-bond acceptors (Lipinski definition) is 3. The van der Waals surface area contributed by atoms with E-state index >= 15 is 0 Å². The molecule has 0 fully saturated rings. The van der Waals surface area contributed by atoms with Crippen LogP contribution in [0.25, 0.3) is 11.8 Å². The van der Waals surface area contributed by atoms with Crippen LogP contribution in [0.15, 0.2) is 28.7 Å². The van der Waals surface area contributed by atoms with E-state index in [9.17, 15) is 4.79 Å². The zero-order chi connectivity index (χ0) is 22.7. The molecule has 0 spiro atoms. The Hall–Kier alpha value is -2.69. The number of rotatable bonds is 10. The Balaban J connectivity index is 1.63. The molecule has 2 heterocycles. The van der Waals surface area contributed by atoms with Crippen molar-refractivity contribution in [2.75, 3.05) is 0 Å². The maximum absolute atomic E-state index is 11.1. The summed E-state index contributed by atoms with van der Waals surface area (Å²) in [7, 11) is 0. The van der Waals surface area contributed by atoms with Crippen LogP contribution in [0.5, 0.6) is 5.95 Å². The Bertz CT molecular complexity index is 1120. The number of nitrogens with one attached hydrogen (secondary N) is 1. The number of carbonyl (C=O) groups is 1. The molecule has 2 aromatic heterocycles. The molecule has 0 saturated heterocycles. The Morgan fingerprint density at radius 2 is 2.00 bits per heavy atom. The van der Waals surface area contributed by atoms with E-state index in [0.29, 0.717) is 11.7 Å². The highest BCUT2D eigenvalue weighted by molar-refractivity contribution is 5.84. The molecule has 5 nitrogen and oxygen atoms in total. The average Bonchev–Trinajstić information content (AvgIpc) is 3.36. The van der Waals surface area contributed by atoms with E-state index in [1.165, 1.54) is 61.1 Å². The lowest BCUT2D eigenvalue weighted by atomic mass is 9.79. The lowest BCUT2D eigenvalue weighted by Crippen LogP contribution is -2.24. The van der Waals surface area contributed by atoms with Gasteiger partial charge in [0, 0.05) is 17.3 Å². The molecule has 5 heteroatoms. The third-order valence-corrected chi connectivity index (χ3v) is 6.70. The number of hydrogen-bond donors (Lipinski definition) is 2. The molecular formula is C27H35NO4. The predicted molar refractivity (Wildman–Crippen MR) is 126 cm³/mol. The molecule has 0 radical (unpaired) electrons. The molecule has 2 N–H and O–H groups in total. The number of unbranched alkanes of at least 4 members (excludes halogenated alkanes) is 5. The summed E-state index contributed by atoms with van der Waals surface area (Å²) in [6.45, 7) is 6.81. The summed E-state index contributed by atoms with van der Waals surface area (Å²) in [5, 5.41) is 11.3. The highest BCUT2D eigenvalue weighted by Crippen LogP contribution is 2.33. The molecule has 0 aliphatic heterocycles. The lowest BCUT2D eigenvalue weighted by Gasteiger charge is -2.25. The standard InChI is InChI=1S/C27H35NO4/c1-4-5-6-7-8-9-10-18-11-12-21(31-23-14-13-22(32-23)26(29)30)25-24(18)19-15-16-27(2,3)17-20(19)28-25/h11-14,17-18,28H,4-10,15-16H2,1-3H3,(H,29,30). The Morgan fingerprint density at radius 3 is 2.75 bits per heavy atom. The van der Waals surface area contributed by atoms with E-state index < -0.39 is 5.97 Å². The summed E-state index contributed by atoms with van der Waals surface area (Å²) in [5.74, 6) is 0.0352. The summed E-state index contributed by atoms with van der Waals surface area (Å²) in [6.07, 6.45) is 17.7. The third kappa shape index (κ3) is 4.87. The minimum Gasteiger partial charge on any atom is -0.475 e. The van der Waals surface area contributed by atoms with Crippen molar-refractivity contribution in [1.29, 1.82) is 0 Å². The van der Waals surface area contributed by atoms with Crippen LogP contribution >= 0.6 is 0 Å². The molecule has 32 heavy (non-hydrogen) atoms. The van der Waals surface area contributed by atoms with Crippen LogP contribution in [0.4, 0.5) is 0 Å². The first kappa shape index (κ1) is 22.5. The molecule has 0 bridgehead atoms. The van der Waals surface area contributed by atoms with E-state index in [0.717, 1.165) is 24.6 Å². The van der Waals surface area contributed by atoms with E-state index in [2.05, 4.69) is 37.9 Å². The second-order valence-corrected chi connectivity index (χ2v) is 9.85. The first-order valence-corrected chi connectivity index (χ1v) is 12.0. The fourth-order valence-corrected chi connectivity index (χ4v) is 4.93. The topological polar surface area (TPSA) is 75.5 Å². The molecule has 4 rings (SSSR count). The van der Waals surface area contributed by atoms with Crippen LogP contribution < -0.4 is 15.4 Å². The first-order chi connectivity index (χ1) is 15.4. The van der Waals surface area contributed by atoms with Crippen molar-refractivity contribution in [2.24, 2.45) is 5.41 Å². The molecule has 1 atom stereocenters. The van der Waals surface area contributed by atoms with E-state index in [1.807, 2.05) is 6.08 Å². The van der Waals surface area contributed by atoms with Gasteiger partial charge in [-0.25, -0.2) is 4.79 Å². The van der Waals surface area contributed by atoms with Crippen LogP contribution in [0, 0.1) is 5.41 Å². The van der Waals surface area contributed by atoms with Crippen molar-refractivity contribution in [2.45, 2.75) is 84.5 Å². The van der Waals surface area contributed by atoms with Crippen molar-refractivity contribution in [3.8, 4) is 5.95 Å². The molecular weight excluding hydrogens is 402 g/mol. The van der Waals surface area contributed by atoms with Crippen LogP contribution in [0.2, 0.25) is 0 Å². The van der Waals surface area contributed by atoms with Crippen molar-refractivity contribution < 1.29 is 19.1 Å². The Labute approximate surface area is 189 Å². The number of carboxylic acids is 1. The number of furan rings is 1. The summed E-state index contributed by atoms with van der Waals surface area (Å²) in [6, 6.07) is 2.98. The summed E-state index contributed by atoms with van der Waals surface area (Å²) in [5.41, 5.74) is 2.93. The molecule has 2 aliphatic rings. The van der Waals surface area contributed by atoms with Gasteiger partial charge in [-0.05, 0) is 47.9 Å². The number of allylic oxidation sites excluding steroid dienone is 1. The van der Waals surface area contributed by atoms with Gasteiger partial charge in [0.1, 0.15) is 0 Å². The number of aromatic carboxylic acids is 1. The van der Waals surface area contributed by atoms with Gasteiger partial charge in [0.15, 0.2) is 5.76 Å². The van der Waals surface area contributed by atoms with Crippen LogP contribution in [0.3, 0.4) is 0 Å². The molecule has 1 unspecified atom stereocenters. The van der Waals surface area contributed by atoms with Gasteiger partial charge in [0.25, 0.3) is 5.95 Å². The zero-order valence-electron chi connectivity index (χ0n) is 19.5. The summed E-state index contributed by atoms with van der Waals surface area (Å²) in [4.78, 5) is 14.8. The molecule has 2 aromatic rings. The van der Waals surface area contributed by atoms with Gasteiger partial charge in [-0.1, -0.05) is 71.4 Å². The molecule has 172 valence electrons. The SMILES string of the molecule is CCCCCCCCC1C=CC(Oc2ccc(C(=O)O)o2)=c2[nH]c3c(c21)CCC(C)(C)C=3. The van der Waals surface area contributed by atoms with Gasteiger partial charge in [-0.15, -0.1) is 0 Å². The van der Waals surface area contributed by atoms with Crippen molar-refractivity contribution in [3.05, 3.63) is 51.9 Å². The molecule has 0 saturated carbocycles. The third-order valence-electron chi connectivity index (χ3n) is 6.70. The number of ether oxygens (including phenoxy) is 1. The smallest absolute Gasteiger partial charge is 0.371 e. The van der Waals surface area contributed by atoms with Gasteiger partial charge in [-0.3, -0.25) is 0 Å². The summed E-state index contributed by atoms with van der Waals surface area (Å²) < 4.78 is 11.4. The fraction of sp³-hybridized carbons (Fsp3) is 0.519. The number of aromatic amines is 1. The van der Waals surface area contributed by atoms with Crippen molar-refractivity contribution in [1.82, 2.24) is 4.98 Å². The second-order valence-electron chi connectivity index (χ2n) is 9.85. The Kier molecular flexibility index (Phi) is 6.63. The lowest BCUT2D eigenvalue weighted by molar-refractivity contribution is 0.0657. The number of fused-ring (bicyclic) bond motifs is 3. The van der Waals surface area contributed by atoms with E-state index in [-0.39, 0.29) is 17.1 Å². The fourth-order valence-electron chi connectivity index (χ4n) is 4.93. The second kappa shape index (κ2) is 9.43. The normalized spacial score (nSPS) is 18.7. The minimum absolute atomic E-state index is 0.123. The molecule has 0 aromatic carbocycles. The predicted octanol–water partition coefficient (Wildman–Crippen LogP) is 5.65. The summed E-state index contributed by atoms with van der Waals surface area (Å²) >= 11 is 0. The first-order valence-electron chi connectivity index (χ1n) is 12.0. The average molecular weight is 438 g/mol. The van der Waals surface area contributed by atoms with Gasteiger partial charge in [0.05, 0.1) is 5.35 Å². The van der Waals surface area contributed by atoms with Gasteiger partial charge in [0.2, 0.25) is 5.76 Å². The van der Waals surface area contributed by atoms with E-state index in [1.54, 1.807) is 6.07 Å². The number of H-pyrrole nitrogens is 1. The molecule has 2 aliphatic carbocycles. The van der Waals surface area contributed by atoms with E-state index in [4.69, 9.17) is 14.3 Å². The minimum atomic E-state index is -1.10. The van der Waals surface area contributed by atoms with Gasteiger partial charge >= 0.3 is 5.97 Å². The highest BCUT2D eigenvalue weighted by atomic mass is 16.6. The number of aromatic nitrogens is 1. The highest BCUT2D eigenvalue weighted by Gasteiger charge is 2.28. The van der Waals surface area contributed by atoms with Crippen LogP contribution in [-0.2, 0) is 6.42 Å². The van der Waals surface area contributed by atoms with Crippen LogP contribution in [0.1, 0.15) is 99.7 Å². The maximum Gasteiger partial charge on any atom is 0.371 e. The monoisotopic (exact) mass is 437 g/mol. The van der Waals surface area contributed by atoms with Gasteiger partial charge < -0.3 is 19.2 Å². The maximum atomic E-state index is 11.1. The van der Waals surface area contributed by atoms with Crippen LogP contribution in [-0.4, -0.2) is 16.1 Å². The number of carboxylic acid groups (broad SMARTS) is 1. The zero-order valence-corrected chi connectivity index (χ0v) is 19.5. The quantitative estimate of drug-likeness (QED) is 0.471. The van der Waals surface area contributed by atoms with Crippen molar-refractivity contribution in [3.63, 3.8) is 0 Å². The van der Waals surface area contributed by atoms with Crippen molar-refractivity contribution >= 4 is 17.8 Å².